The van der Waals surface area contributed by atoms with Crippen molar-refractivity contribution in [2.24, 2.45) is 7.05 Å². The number of anilines is 2. The first-order valence-electron chi connectivity index (χ1n) is 6.59. The molecule has 0 fully saturated rings. The highest BCUT2D eigenvalue weighted by molar-refractivity contribution is 5.96. The van der Waals surface area contributed by atoms with Crippen LogP contribution in [-0.2, 0) is 13.5 Å². The lowest BCUT2D eigenvalue weighted by atomic mass is 10.1. The van der Waals surface area contributed by atoms with Crippen LogP contribution in [0.4, 0.5) is 11.4 Å². The largest absolute Gasteiger partial charge is 0.397 e. The highest BCUT2D eigenvalue weighted by Gasteiger charge is 2.04. The van der Waals surface area contributed by atoms with Crippen molar-refractivity contribution in [3.63, 3.8) is 0 Å². The number of nitrogens with one attached hydrogen (secondary N) is 1. The van der Waals surface area contributed by atoms with Gasteiger partial charge in [0.2, 0.25) is 0 Å². The summed E-state index contributed by atoms with van der Waals surface area (Å²) in [6.07, 6.45) is 4.59. The number of nitrogens with two attached hydrogens (primary N) is 1. The van der Waals surface area contributed by atoms with E-state index in [2.05, 4.69) is 15.4 Å². The minimum Gasteiger partial charge on any atom is -0.397 e. The molecule has 0 aliphatic carbocycles. The molecule has 0 saturated carbocycles. The first-order valence-corrected chi connectivity index (χ1v) is 6.59. The summed E-state index contributed by atoms with van der Waals surface area (Å²) in [6.45, 7) is 0.799. The van der Waals surface area contributed by atoms with E-state index in [1.165, 1.54) is 0 Å². The summed E-state index contributed by atoms with van der Waals surface area (Å²) in [5.41, 5.74) is 9.86. The minimum atomic E-state index is 0.747. The number of aryl methyl sites for hydroxylation is 1. The van der Waals surface area contributed by atoms with E-state index in [0.717, 1.165) is 40.9 Å². The molecule has 0 aliphatic heterocycles. The van der Waals surface area contributed by atoms with Gasteiger partial charge in [-0.05, 0) is 30.3 Å². The Hall–Kier alpha value is -2.56. The Labute approximate surface area is 117 Å². The van der Waals surface area contributed by atoms with Gasteiger partial charge in [0, 0.05) is 37.8 Å². The summed E-state index contributed by atoms with van der Waals surface area (Å²) in [5, 5.41) is 8.69. The van der Waals surface area contributed by atoms with Crippen molar-refractivity contribution in [3.8, 4) is 0 Å². The number of rotatable bonds is 4. The van der Waals surface area contributed by atoms with Crippen LogP contribution in [0.15, 0.2) is 42.7 Å². The first-order chi connectivity index (χ1) is 9.74. The third-order valence-electron chi connectivity index (χ3n) is 3.29. The van der Waals surface area contributed by atoms with Gasteiger partial charge in [0.25, 0.3) is 0 Å². The van der Waals surface area contributed by atoms with Crippen LogP contribution in [0.2, 0.25) is 0 Å². The molecule has 20 heavy (non-hydrogen) atoms. The molecule has 0 bridgehead atoms. The van der Waals surface area contributed by atoms with Crippen molar-refractivity contribution in [3.05, 3.63) is 48.4 Å². The topological polar surface area (TPSA) is 68.8 Å². The van der Waals surface area contributed by atoms with Gasteiger partial charge in [-0.15, -0.1) is 0 Å². The molecule has 0 radical (unpaired) electrons. The van der Waals surface area contributed by atoms with Crippen molar-refractivity contribution < 1.29 is 0 Å². The third-order valence-corrected chi connectivity index (χ3v) is 3.29. The number of hydrogen-bond donors (Lipinski definition) is 2. The lowest BCUT2D eigenvalue weighted by Gasteiger charge is -2.10. The first kappa shape index (κ1) is 12.5. The molecule has 3 rings (SSSR count). The van der Waals surface area contributed by atoms with Crippen LogP contribution in [0.5, 0.6) is 0 Å². The molecule has 5 heteroatoms. The van der Waals surface area contributed by atoms with Crippen LogP contribution >= 0.6 is 0 Å². The maximum absolute atomic E-state index is 6.18. The standard InChI is InChI=1S/C15H17N5/c1-20-10-7-11(19-20)6-9-18-14-5-4-13-12(15(14)16)3-2-8-17-13/h2-5,7-8,10,18H,6,9,16H2,1H3. The summed E-state index contributed by atoms with van der Waals surface area (Å²) in [6, 6.07) is 9.87. The predicted octanol–water partition coefficient (Wildman–Crippen LogP) is 2.21. The van der Waals surface area contributed by atoms with E-state index >= 15 is 0 Å². The maximum atomic E-state index is 6.18. The smallest absolute Gasteiger partial charge is 0.0724 e. The van der Waals surface area contributed by atoms with Gasteiger partial charge in [-0.2, -0.15) is 5.10 Å². The van der Waals surface area contributed by atoms with E-state index in [1.807, 2.05) is 48.3 Å². The molecule has 3 aromatic rings. The number of pyridine rings is 1. The lowest BCUT2D eigenvalue weighted by molar-refractivity contribution is 0.742. The number of aromatic nitrogens is 3. The molecule has 1 aromatic carbocycles. The molecule has 2 heterocycles. The fourth-order valence-electron chi connectivity index (χ4n) is 2.25. The Bertz CT molecular complexity index is 732. The van der Waals surface area contributed by atoms with Crippen LogP contribution in [0, 0.1) is 0 Å². The number of nitrogens with zero attached hydrogens (tertiary/aromatic N) is 3. The Balaban J connectivity index is 1.73. The molecule has 3 N–H and O–H groups in total. The van der Waals surface area contributed by atoms with Crippen LogP contribution in [0.1, 0.15) is 5.69 Å². The van der Waals surface area contributed by atoms with E-state index < -0.39 is 0 Å². The highest BCUT2D eigenvalue weighted by Crippen LogP contribution is 2.27. The zero-order chi connectivity index (χ0) is 13.9. The average Bonchev–Trinajstić information content (AvgIpc) is 2.87. The molecule has 0 unspecified atom stereocenters. The molecular weight excluding hydrogens is 250 g/mol. The number of hydrogen-bond acceptors (Lipinski definition) is 4. The number of nitrogen functional groups attached to an aromatic ring is 1. The Morgan fingerprint density at radius 1 is 1.25 bits per heavy atom. The zero-order valence-corrected chi connectivity index (χ0v) is 11.4. The van der Waals surface area contributed by atoms with Gasteiger partial charge >= 0.3 is 0 Å². The predicted molar refractivity (Wildman–Crippen MR) is 81.6 cm³/mol. The van der Waals surface area contributed by atoms with E-state index in [-0.39, 0.29) is 0 Å². The van der Waals surface area contributed by atoms with Crippen LogP contribution in [0.25, 0.3) is 10.9 Å². The molecule has 2 aromatic heterocycles. The summed E-state index contributed by atoms with van der Waals surface area (Å²) in [7, 11) is 1.92. The second-order valence-electron chi connectivity index (χ2n) is 4.75. The minimum absolute atomic E-state index is 0.747. The van der Waals surface area contributed by atoms with Gasteiger partial charge in [-0.3, -0.25) is 9.67 Å². The van der Waals surface area contributed by atoms with Crippen molar-refractivity contribution in [2.75, 3.05) is 17.6 Å². The monoisotopic (exact) mass is 267 g/mol. The molecule has 0 amide bonds. The van der Waals surface area contributed by atoms with Gasteiger partial charge in [-0.25, -0.2) is 0 Å². The van der Waals surface area contributed by atoms with E-state index in [9.17, 15) is 0 Å². The summed E-state index contributed by atoms with van der Waals surface area (Å²) >= 11 is 0. The summed E-state index contributed by atoms with van der Waals surface area (Å²) in [5.74, 6) is 0. The van der Waals surface area contributed by atoms with Gasteiger partial charge in [0.15, 0.2) is 0 Å². The van der Waals surface area contributed by atoms with E-state index in [0.29, 0.717) is 0 Å². The molecule has 0 spiro atoms. The molecule has 0 saturated heterocycles. The lowest BCUT2D eigenvalue weighted by Crippen LogP contribution is -2.07. The SMILES string of the molecule is Cn1ccc(CCNc2ccc3ncccc3c2N)n1. The van der Waals surface area contributed by atoms with Gasteiger partial charge < -0.3 is 11.1 Å². The second-order valence-corrected chi connectivity index (χ2v) is 4.75. The average molecular weight is 267 g/mol. The van der Waals surface area contributed by atoms with Crippen molar-refractivity contribution in [1.82, 2.24) is 14.8 Å². The molecule has 0 aliphatic rings. The summed E-state index contributed by atoms with van der Waals surface area (Å²) < 4.78 is 1.81. The zero-order valence-electron chi connectivity index (χ0n) is 11.4. The van der Waals surface area contributed by atoms with Crippen LogP contribution in [0.3, 0.4) is 0 Å². The number of benzene rings is 1. The second kappa shape index (κ2) is 5.21. The van der Waals surface area contributed by atoms with E-state index in [4.69, 9.17) is 5.73 Å². The Kier molecular flexibility index (Phi) is 3.25. The van der Waals surface area contributed by atoms with Crippen LogP contribution in [-0.4, -0.2) is 21.3 Å². The van der Waals surface area contributed by atoms with Crippen molar-refractivity contribution in [1.29, 1.82) is 0 Å². The molecule has 0 atom stereocenters. The van der Waals surface area contributed by atoms with Gasteiger partial charge in [0.05, 0.1) is 22.6 Å². The highest BCUT2D eigenvalue weighted by atomic mass is 15.2. The molecule has 102 valence electrons. The van der Waals surface area contributed by atoms with Crippen molar-refractivity contribution in [2.45, 2.75) is 6.42 Å². The molecular formula is C15H17N5. The Morgan fingerprint density at radius 3 is 2.95 bits per heavy atom. The quantitative estimate of drug-likeness (QED) is 0.711. The number of fused-ring (bicyclic) bond motifs is 1. The van der Waals surface area contributed by atoms with E-state index in [1.54, 1.807) is 6.20 Å². The fourth-order valence-corrected chi connectivity index (χ4v) is 2.25. The summed E-state index contributed by atoms with van der Waals surface area (Å²) in [4.78, 5) is 4.29. The Morgan fingerprint density at radius 2 is 2.15 bits per heavy atom. The fraction of sp³-hybridized carbons (Fsp3) is 0.200. The third kappa shape index (κ3) is 2.42. The van der Waals surface area contributed by atoms with Gasteiger partial charge in [-0.1, -0.05) is 0 Å². The van der Waals surface area contributed by atoms with Crippen molar-refractivity contribution >= 4 is 22.3 Å². The maximum Gasteiger partial charge on any atom is 0.0724 e. The van der Waals surface area contributed by atoms with Gasteiger partial charge in [0.1, 0.15) is 0 Å². The van der Waals surface area contributed by atoms with Crippen LogP contribution < -0.4 is 11.1 Å². The normalized spacial score (nSPS) is 10.8. The molecule has 5 nitrogen and oxygen atoms in total.